The molecule has 3 nitrogen and oxygen atoms in total. The second-order valence-electron chi connectivity index (χ2n) is 4.45. The van der Waals surface area contributed by atoms with Gasteiger partial charge in [-0.05, 0) is 5.92 Å². The summed E-state index contributed by atoms with van der Waals surface area (Å²) in [6.45, 7) is 10.6. The zero-order valence-corrected chi connectivity index (χ0v) is 14.1. The molecule has 0 radical (unpaired) electrons. The molecule has 1 N–H and O–H groups in total. The summed E-state index contributed by atoms with van der Waals surface area (Å²) in [5.41, 5.74) is -0.172. The van der Waals surface area contributed by atoms with Crippen LogP contribution in [0.15, 0.2) is 0 Å². The Morgan fingerprint density at radius 2 is 1.44 bits per heavy atom. The van der Waals surface area contributed by atoms with Crippen molar-refractivity contribution in [1.82, 2.24) is 0 Å². The molecule has 1 unspecified atom stereocenters. The summed E-state index contributed by atoms with van der Waals surface area (Å²) in [6.07, 6.45) is -0.648. The van der Waals surface area contributed by atoms with Crippen LogP contribution in [0.3, 0.4) is 0 Å². The van der Waals surface area contributed by atoms with Gasteiger partial charge in [-0.3, -0.25) is 0 Å². The van der Waals surface area contributed by atoms with Gasteiger partial charge < -0.3 is 9.84 Å². The van der Waals surface area contributed by atoms with Crippen LogP contribution in [-0.2, 0) is 25.8 Å². The van der Waals surface area contributed by atoms with Gasteiger partial charge in [0.05, 0.1) is 6.61 Å². The van der Waals surface area contributed by atoms with Crippen LogP contribution in [-0.4, -0.2) is 18.0 Å². The van der Waals surface area contributed by atoms with Crippen molar-refractivity contribution >= 4 is 37.2 Å². The first-order valence-corrected chi connectivity index (χ1v) is 4.89. The van der Waals surface area contributed by atoms with E-state index in [0.717, 1.165) is 17.4 Å². The van der Waals surface area contributed by atoms with Gasteiger partial charge in [-0.25, -0.2) is 0 Å². The van der Waals surface area contributed by atoms with Crippen LogP contribution < -0.4 is 0 Å². The van der Waals surface area contributed by atoms with Gasteiger partial charge in [-0.1, -0.05) is 34.6 Å². The molecule has 0 aromatic carbocycles. The summed E-state index contributed by atoms with van der Waals surface area (Å²) in [4.78, 5) is 0. The molecule has 0 aliphatic carbocycles. The van der Waals surface area contributed by atoms with E-state index in [0.29, 0.717) is 12.5 Å². The van der Waals surface area contributed by atoms with Crippen LogP contribution in [0.5, 0.6) is 0 Å². The Kier molecular flexibility index (Phi) is 30.6. The van der Waals surface area contributed by atoms with E-state index in [1.54, 1.807) is 0 Å². The monoisotopic (exact) mass is 335 g/mol. The second kappa shape index (κ2) is 16.2. The van der Waals surface area contributed by atoms with Gasteiger partial charge in [0.25, 0.3) is 0 Å². The summed E-state index contributed by atoms with van der Waals surface area (Å²) in [7, 11) is 0. The third kappa shape index (κ3) is 20.6. The fourth-order valence-corrected chi connectivity index (χ4v) is 0.534. The summed E-state index contributed by atoms with van der Waals surface area (Å²) in [5, 5.41) is 9.41. The van der Waals surface area contributed by atoms with Crippen LogP contribution in [0.4, 0.5) is 0 Å². The van der Waals surface area contributed by atoms with Gasteiger partial charge >= 0.3 is 21.0 Å². The molecule has 0 aromatic rings. The Hall–Kier alpha value is 1.17. The van der Waals surface area contributed by atoms with Crippen molar-refractivity contribution in [3.05, 3.63) is 0 Å². The maximum atomic E-state index is 9.41. The van der Waals surface area contributed by atoms with Crippen molar-refractivity contribution < 1.29 is 30.9 Å². The van der Waals surface area contributed by atoms with Gasteiger partial charge in [-0.2, -0.15) is 0 Å². The predicted octanol–water partition coefficient (Wildman–Crippen LogP) is 3.17. The van der Waals surface area contributed by atoms with E-state index in [9.17, 15) is 5.11 Å². The molecule has 7 heteroatoms. The number of ether oxygens (including phenoxy) is 1. The van der Waals surface area contributed by atoms with Gasteiger partial charge in [0.15, 0.2) is 6.29 Å². The van der Waals surface area contributed by atoms with Crippen molar-refractivity contribution in [3.63, 3.8) is 0 Å². The Bertz CT molecular complexity index is 132. The first-order chi connectivity index (χ1) is 5.84. The Morgan fingerprint density at radius 3 is 1.62 bits per heavy atom. The molecule has 0 fully saturated rings. The molecule has 0 amide bonds. The van der Waals surface area contributed by atoms with Crippen molar-refractivity contribution in [1.29, 1.82) is 0 Å². The Morgan fingerprint density at radius 1 is 1.12 bits per heavy atom. The van der Waals surface area contributed by atoms with E-state index in [4.69, 9.17) is 8.41 Å². The number of rotatable bonds is 3. The van der Waals surface area contributed by atoms with E-state index >= 15 is 0 Å². The first-order valence-electron chi connectivity index (χ1n) is 4.32. The molecule has 0 saturated heterocycles. The third-order valence-corrected chi connectivity index (χ3v) is 1.33. The summed E-state index contributed by atoms with van der Waals surface area (Å²) in [5.74, 6) is 0.479. The minimum atomic E-state index is -0.648. The van der Waals surface area contributed by atoms with Crippen molar-refractivity contribution in [2.75, 3.05) is 6.61 Å². The predicted molar refractivity (Wildman–Crippen MR) is 68.7 cm³/mol. The fraction of sp³-hybridized carbons (Fsp3) is 1.00. The molecule has 0 rings (SSSR count). The van der Waals surface area contributed by atoms with Crippen molar-refractivity contribution in [2.24, 2.45) is 11.3 Å². The van der Waals surface area contributed by atoms with Crippen molar-refractivity contribution in [3.8, 4) is 0 Å². The molecule has 0 aliphatic heterocycles. The zero-order chi connectivity index (χ0) is 11.1. The minimum absolute atomic E-state index is 0. The molecule has 0 aromatic heterocycles. The molecule has 103 valence electrons. The van der Waals surface area contributed by atoms with Crippen LogP contribution in [0, 0.1) is 11.3 Å². The van der Waals surface area contributed by atoms with Crippen LogP contribution in [0.2, 0.25) is 0 Å². The normalized spacial score (nSPS) is 10.9. The average Bonchev–Trinajstić information content (AvgIpc) is 2.02. The van der Waals surface area contributed by atoms with E-state index in [-0.39, 0.29) is 42.6 Å². The van der Waals surface area contributed by atoms with E-state index in [1.165, 1.54) is 0 Å². The molecule has 0 aliphatic rings. The van der Waals surface area contributed by atoms with Crippen LogP contribution >= 0.6 is 37.2 Å². The zero-order valence-electron chi connectivity index (χ0n) is 10.3. The van der Waals surface area contributed by atoms with Crippen LogP contribution in [0.25, 0.3) is 0 Å². The molecule has 0 heterocycles. The van der Waals surface area contributed by atoms with Gasteiger partial charge in [0.2, 0.25) is 0 Å². The van der Waals surface area contributed by atoms with Gasteiger partial charge in [0, 0.05) is 5.41 Å². The Labute approximate surface area is 127 Å². The van der Waals surface area contributed by atoms with E-state index in [1.807, 2.05) is 20.8 Å². The first kappa shape index (κ1) is 30.3. The number of aliphatic hydroxyl groups is 1. The number of hydrogen-bond acceptors (Lipinski definition) is 3. The molecule has 0 bridgehead atoms. The second-order valence-corrected chi connectivity index (χ2v) is 4.45. The summed E-state index contributed by atoms with van der Waals surface area (Å²) in [6, 6.07) is 0. The average molecular weight is 337 g/mol. The Balaban J connectivity index is -0.0000000760. The number of hydrogen-bond donors (Lipinski definition) is 1. The molecule has 0 spiro atoms. The quantitative estimate of drug-likeness (QED) is 0.805. The summed E-state index contributed by atoms with van der Waals surface area (Å²) < 4.78 is 13.4. The maximum absolute atomic E-state index is 9.41. The number of halogens is 3. The topological polar surface area (TPSA) is 46.5 Å². The molecular weight excluding hydrogens is 313 g/mol. The van der Waals surface area contributed by atoms with Gasteiger partial charge in [0.1, 0.15) is 0 Å². The van der Waals surface area contributed by atoms with Crippen LogP contribution in [0.1, 0.15) is 34.6 Å². The summed E-state index contributed by atoms with van der Waals surface area (Å²) >= 11 is 1.06. The van der Waals surface area contributed by atoms with Gasteiger partial charge in [-0.15, -0.1) is 37.2 Å². The standard InChI is InChI=1S/C9H20O2.3ClH.O.V/c1-7(2)6-11-8(10)9(3,4)5;;;;;/h7-8,10H,6H2,1-5H3;3*1H;;. The third-order valence-electron chi connectivity index (χ3n) is 1.33. The molecule has 16 heavy (non-hydrogen) atoms. The van der Waals surface area contributed by atoms with E-state index < -0.39 is 6.29 Å². The number of aliphatic hydroxyl groups excluding tert-OH is 1. The SMILES string of the molecule is CC(C)COC(O)C(C)(C)C.Cl.Cl.Cl.[O]=[V]. The molecule has 1 atom stereocenters. The van der Waals surface area contributed by atoms with Crippen molar-refractivity contribution in [2.45, 2.75) is 40.9 Å². The molecule has 0 saturated carbocycles. The van der Waals surface area contributed by atoms with E-state index in [2.05, 4.69) is 13.8 Å². The fourth-order valence-electron chi connectivity index (χ4n) is 0.534. The molecular formula is C9H23Cl3O3V.